The zero-order valence-corrected chi connectivity index (χ0v) is 15.9. The second kappa shape index (κ2) is 9.94. The van der Waals surface area contributed by atoms with E-state index in [1.807, 2.05) is 36.0 Å². The van der Waals surface area contributed by atoms with Gasteiger partial charge in [-0.1, -0.05) is 6.07 Å². The molecule has 5 heteroatoms. The van der Waals surface area contributed by atoms with Crippen LogP contribution in [0, 0.1) is 5.92 Å². The van der Waals surface area contributed by atoms with Crippen LogP contribution in [-0.4, -0.2) is 49.1 Å². The molecule has 1 heterocycles. The van der Waals surface area contributed by atoms with E-state index in [1.54, 1.807) is 7.11 Å². The van der Waals surface area contributed by atoms with Crippen molar-refractivity contribution in [1.82, 2.24) is 4.90 Å². The molecule has 134 valence electrons. The second-order valence-corrected chi connectivity index (χ2v) is 7.51. The Bertz CT molecular complexity index is 516. The van der Waals surface area contributed by atoms with E-state index >= 15 is 0 Å². The molecule has 0 saturated carbocycles. The molecular formula is C19H30N2O2S. The first-order chi connectivity index (χ1) is 11.6. The molecule has 1 aliphatic heterocycles. The summed E-state index contributed by atoms with van der Waals surface area (Å²) < 4.78 is 5.18. The van der Waals surface area contributed by atoms with Crippen LogP contribution in [0.3, 0.4) is 0 Å². The molecule has 1 fully saturated rings. The Balaban J connectivity index is 1.69. The maximum Gasteiger partial charge on any atom is 0.224 e. The minimum Gasteiger partial charge on any atom is -0.497 e. The fourth-order valence-electron chi connectivity index (χ4n) is 3.29. The molecule has 1 amide bonds. The highest BCUT2D eigenvalue weighted by molar-refractivity contribution is 7.98. The van der Waals surface area contributed by atoms with Crippen molar-refractivity contribution in [3.63, 3.8) is 0 Å². The van der Waals surface area contributed by atoms with Gasteiger partial charge in [-0.05, 0) is 63.6 Å². The number of benzene rings is 1. The van der Waals surface area contributed by atoms with E-state index in [1.165, 1.54) is 31.7 Å². The smallest absolute Gasteiger partial charge is 0.224 e. The Labute approximate surface area is 150 Å². The number of amides is 1. The largest absolute Gasteiger partial charge is 0.497 e. The van der Waals surface area contributed by atoms with E-state index < -0.39 is 0 Å². The van der Waals surface area contributed by atoms with E-state index in [0.717, 1.165) is 17.9 Å². The molecule has 0 unspecified atom stereocenters. The third kappa shape index (κ3) is 6.02. The van der Waals surface area contributed by atoms with Gasteiger partial charge in [-0.3, -0.25) is 9.69 Å². The number of nitrogens with zero attached hydrogens (tertiary/aromatic N) is 1. The Morgan fingerprint density at radius 1 is 1.42 bits per heavy atom. The van der Waals surface area contributed by atoms with Crippen LogP contribution >= 0.6 is 11.8 Å². The van der Waals surface area contributed by atoms with Gasteiger partial charge in [0.2, 0.25) is 5.91 Å². The number of hydrogen-bond acceptors (Lipinski definition) is 4. The molecule has 1 N–H and O–H groups in total. The average molecular weight is 351 g/mol. The van der Waals surface area contributed by atoms with Crippen LogP contribution in [-0.2, 0) is 4.79 Å². The summed E-state index contributed by atoms with van der Waals surface area (Å²) in [6.07, 6.45) is 6.18. The zero-order valence-electron chi connectivity index (χ0n) is 15.1. The first kappa shape index (κ1) is 19.1. The molecule has 0 aliphatic carbocycles. The maximum absolute atomic E-state index is 12.1. The van der Waals surface area contributed by atoms with Crippen molar-refractivity contribution in [2.45, 2.75) is 38.6 Å². The summed E-state index contributed by atoms with van der Waals surface area (Å²) in [5, 5.41) is 2.97. The van der Waals surface area contributed by atoms with Gasteiger partial charge in [0, 0.05) is 30.0 Å². The number of carbonyl (C=O) groups excluding carboxylic acids is 1. The first-order valence-corrected chi connectivity index (χ1v) is 10.2. The maximum atomic E-state index is 12.1. The SMILES string of the molecule is COc1cccc(NC(=O)CCC2CCN([C@@H](C)CSC)CC2)c1. The van der Waals surface area contributed by atoms with Crippen molar-refractivity contribution in [1.29, 1.82) is 0 Å². The average Bonchev–Trinajstić information content (AvgIpc) is 2.61. The molecule has 4 nitrogen and oxygen atoms in total. The number of anilines is 1. The molecule has 1 aromatic carbocycles. The van der Waals surface area contributed by atoms with Crippen LogP contribution in [0.5, 0.6) is 5.75 Å². The lowest BCUT2D eigenvalue weighted by atomic mass is 9.91. The highest BCUT2D eigenvalue weighted by Gasteiger charge is 2.22. The van der Waals surface area contributed by atoms with Crippen LogP contribution in [0.2, 0.25) is 0 Å². The van der Waals surface area contributed by atoms with E-state index in [2.05, 4.69) is 23.4 Å². The summed E-state index contributed by atoms with van der Waals surface area (Å²) in [6, 6.07) is 8.18. The molecule has 0 spiro atoms. The van der Waals surface area contributed by atoms with E-state index in [9.17, 15) is 4.79 Å². The zero-order chi connectivity index (χ0) is 17.4. The standard InChI is InChI=1S/C19H30N2O2S/c1-15(14-24-3)21-11-9-16(10-12-21)7-8-19(22)20-17-5-4-6-18(13-17)23-2/h4-6,13,15-16H,7-12,14H2,1-3H3,(H,20,22)/t15-/m0/s1. The number of hydrogen-bond donors (Lipinski definition) is 1. The molecule has 1 aliphatic rings. The van der Waals surface area contributed by atoms with Gasteiger partial charge in [0.15, 0.2) is 0 Å². The summed E-state index contributed by atoms with van der Waals surface area (Å²) in [5.74, 6) is 2.74. The Morgan fingerprint density at radius 3 is 2.83 bits per heavy atom. The number of likely N-dealkylation sites (tertiary alicyclic amines) is 1. The topological polar surface area (TPSA) is 41.6 Å². The van der Waals surface area contributed by atoms with Crippen molar-refractivity contribution < 1.29 is 9.53 Å². The molecule has 0 bridgehead atoms. The van der Waals surface area contributed by atoms with E-state index in [-0.39, 0.29) is 5.91 Å². The van der Waals surface area contributed by atoms with Gasteiger partial charge in [-0.25, -0.2) is 0 Å². The highest BCUT2D eigenvalue weighted by Crippen LogP contribution is 2.24. The predicted molar refractivity (Wildman–Crippen MR) is 103 cm³/mol. The van der Waals surface area contributed by atoms with Crippen LogP contribution in [0.1, 0.15) is 32.6 Å². The first-order valence-electron chi connectivity index (χ1n) is 8.79. The van der Waals surface area contributed by atoms with Gasteiger partial charge in [-0.2, -0.15) is 11.8 Å². The van der Waals surface area contributed by atoms with Gasteiger partial charge in [0.1, 0.15) is 5.75 Å². The van der Waals surface area contributed by atoms with Crippen LogP contribution in [0.4, 0.5) is 5.69 Å². The fraction of sp³-hybridized carbons (Fsp3) is 0.632. The molecule has 1 saturated heterocycles. The molecular weight excluding hydrogens is 320 g/mol. The van der Waals surface area contributed by atoms with Gasteiger partial charge >= 0.3 is 0 Å². The minimum atomic E-state index is 0.0985. The van der Waals surface area contributed by atoms with Crippen molar-refractivity contribution in [2.75, 3.05) is 37.5 Å². The lowest BCUT2D eigenvalue weighted by Gasteiger charge is -2.35. The van der Waals surface area contributed by atoms with Gasteiger partial charge in [-0.15, -0.1) is 0 Å². The number of methoxy groups -OCH3 is 1. The normalized spacial score (nSPS) is 17.5. The number of thioether (sulfide) groups is 1. The number of ether oxygens (including phenoxy) is 1. The third-order valence-electron chi connectivity index (χ3n) is 4.81. The summed E-state index contributed by atoms with van der Waals surface area (Å²) in [4.78, 5) is 14.7. The molecule has 1 aromatic rings. The lowest BCUT2D eigenvalue weighted by Crippen LogP contribution is -2.41. The van der Waals surface area contributed by atoms with E-state index in [4.69, 9.17) is 4.74 Å². The number of carbonyl (C=O) groups is 1. The number of rotatable bonds is 8. The summed E-state index contributed by atoms with van der Waals surface area (Å²) in [5.41, 5.74) is 0.806. The van der Waals surface area contributed by atoms with Gasteiger partial charge in [0.25, 0.3) is 0 Å². The van der Waals surface area contributed by atoms with Crippen molar-refractivity contribution in [3.8, 4) is 5.75 Å². The number of nitrogens with one attached hydrogen (secondary N) is 1. The molecule has 0 radical (unpaired) electrons. The van der Waals surface area contributed by atoms with Crippen LogP contribution in [0.15, 0.2) is 24.3 Å². The van der Waals surface area contributed by atoms with Gasteiger partial charge in [0.05, 0.1) is 7.11 Å². The Kier molecular flexibility index (Phi) is 7.92. The van der Waals surface area contributed by atoms with Crippen molar-refractivity contribution in [3.05, 3.63) is 24.3 Å². The van der Waals surface area contributed by atoms with Crippen LogP contribution in [0.25, 0.3) is 0 Å². The third-order valence-corrected chi connectivity index (χ3v) is 5.63. The van der Waals surface area contributed by atoms with Crippen molar-refractivity contribution >= 4 is 23.4 Å². The van der Waals surface area contributed by atoms with Gasteiger partial charge < -0.3 is 10.1 Å². The molecule has 24 heavy (non-hydrogen) atoms. The fourth-order valence-corrected chi connectivity index (χ4v) is 3.98. The molecule has 2 rings (SSSR count). The monoisotopic (exact) mass is 350 g/mol. The minimum absolute atomic E-state index is 0.0985. The van der Waals surface area contributed by atoms with Crippen molar-refractivity contribution in [2.24, 2.45) is 5.92 Å². The Morgan fingerprint density at radius 2 is 2.17 bits per heavy atom. The molecule has 1 atom stereocenters. The lowest BCUT2D eigenvalue weighted by molar-refractivity contribution is -0.116. The summed E-state index contributed by atoms with van der Waals surface area (Å²) >= 11 is 1.92. The van der Waals surface area contributed by atoms with Crippen LogP contribution < -0.4 is 10.1 Å². The second-order valence-electron chi connectivity index (χ2n) is 6.60. The quantitative estimate of drug-likeness (QED) is 0.772. The predicted octanol–water partition coefficient (Wildman–Crippen LogP) is 3.88. The Hall–Kier alpha value is -1.20. The molecule has 0 aromatic heterocycles. The van der Waals surface area contributed by atoms with E-state index in [0.29, 0.717) is 18.4 Å². The number of piperidine rings is 1. The highest BCUT2D eigenvalue weighted by atomic mass is 32.2. The summed E-state index contributed by atoms with van der Waals surface area (Å²) in [6.45, 7) is 4.66. The summed E-state index contributed by atoms with van der Waals surface area (Å²) in [7, 11) is 1.63.